The highest BCUT2D eigenvalue weighted by molar-refractivity contribution is 6.17. The number of hydrogen-bond donors (Lipinski definition) is 0. The Hall–Kier alpha value is -6.44. The van der Waals surface area contributed by atoms with Crippen molar-refractivity contribution >= 4 is 54.3 Å². The maximum absolute atomic E-state index is 9.70. The van der Waals surface area contributed by atoms with Crippen LogP contribution in [0.1, 0.15) is 19.4 Å². The minimum atomic E-state index is -0.383. The number of benzene rings is 9. The van der Waals surface area contributed by atoms with E-state index in [1.165, 1.54) is 0 Å². The molecule has 0 unspecified atom stereocenters. The topological polar surface area (TPSA) is 13.1 Å². The third-order valence-electron chi connectivity index (χ3n) is 9.91. The fraction of sp³-hybridized carbons (Fsp3) is 0.0204. The van der Waals surface area contributed by atoms with Crippen LogP contribution in [-0.4, -0.2) is 0 Å². The first kappa shape index (κ1) is 23.0. The van der Waals surface area contributed by atoms with Gasteiger partial charge in [-0.25, -0.2) is 0 Å². The summed E-state index contributed by atoms with van der Waals surface area (Å²) >= 11 is 0. The van der Waals surface area contributed by atoms with Gasteiger partial charge in [0.25, 0.3) is 0 Å². The molecule has 0 saturated carbocycles. The van der Waals surface area contributed by atoms with Crippen LogP contribution < -0.4 is 0 Å². The second-order valence-electron chi connectivity index (χ2n) is 12.7. The highest BCUT2D eigenvalue weighted by Gasteiger charge is 2.19. The quantitative estimate of drug-likeness (QED) is 0.170. The molecule has 0 N–H and O–H groups in total. The Morgan fingerprint density at radius 2 is 1.06 bits per heavy atom. The zero-order valence-corrected chi connectivity index (χ0v) is 27.0. The Labute approximate surface area is 299 Å². The highest BCUT2D eigenvalue weighted by Crippen LogP contribution is 2.43. The molecule has 0 radical (unpaired) electrons. The molecule has 0 amide bonds. The van der Waals surface area contributed by atoms with E-state index in [0.717, 1.165) is 60.1 Å². The number of furan rings is 1. The molecule has 10 aromatic rings. The van der Waals surface area contributed by atoms with Gasteiger partial charge in [0, 0.05) is 10.8 Å². The van der Waals surface area contributed by atoms with Crippen LogP contribution in [0.25, 0.3) is 87.6 Å². The normalized spacial score (nSPS) is 13.4. The van der Waals surface area contributed by atoms with Gasteiger partial charge < -0.3 is 4.42 Å². The lowest BCUT2D eigenvalue weighted by molar-refractivity contribution is 0.669. The van der Waals surface area contributed by atoms with Gasteiger partial charge in [0.05, 0.1) is 8.22 Å². The van der Waals surface area contributed by atoms with Crippen molar-refractivity contribution in [3.8, 4) is 33.4 Å². The third-order valence-corrected chi connectivity index (χ3v) is 9.91. The van der Waals surface area contributed by atoms with Crippen molar-refractivity contribution in [2.24, 2.45) is 0 Å². The van der Waals surface area contributed by atoms with Crippen molar-refractivity contribution in [1.82, 2.24) is 0 Å². The van der Waals surface area contributed by atoms with Gasteiger partial charge >= 0.3 is 0 Å². The molecule has 0 fully saturated rings. The summed E-state index contributed by atoms with van der Waals surface area (Å²) < 4.78 is 62.1. The summed E-state index contributed by atoms with van der Waals surface area (Å²) in [5.74, 6) is 0. The second kappa shape index (κ2) is 11.6. The third kappa shape index (κ3) is 4.55. The summed E-state index contributed by atoms with van der Waals surface area (Å²) in [7, 11) is 0. The Bertz CT molecular complexity index is 3170. The first-order valence-corrected chi connectivity index (χ1v) is 16.8. The molecule has 0 aliphatic rings. The highest BCUT2D eigenvalue weighted by atomic mass is 16.3. The Morgan fingerprint density at radius 3 is 1.78 bits per heavy atom. The van der Waals surface area contributed by atoms with E-state index in [1.54, 1.807) is 0 Å². The van der Waals surface area contributed by atoms with Crippen LogP contribution >= 0.6 is 0 Å². The van der Waals surface area contributed by atoms with E-state index in [0.29, 0.717) is 22.3 Å². The van der Waals surface area contributed by atoms with E-state index >= 15 is 0 Å². The molecule has 1 heterocycles. The maximum Gasteiger partial charge on any atom is 0.136 e. The van der Waals surface area contributed by atoms with E-state index in [-0.39, 0.29) is 59.0 Å². The monoisotopic (exact) mass is 642 g/mol. The molecule has 0 spiro atoms. The van der Waals surface area contributed by atoms with E-state index in [1.807, 2.05) is 109 Å². The Kier molecular flexibility index (Phi) is 5.34. The molecular formula is C49H32O. The van der Waals surface area contributed by atoms with Crippen LogP contribution in [0, 0.1) is 0 Å². The van der Waals surface area contributed by atoms with Crippen molar-refractivity contribution in [2.45, 2.75) is 6.42 Å². The molecule has 50 heavy (non-hydrogen) atoms. The zero-order valence-electron chi connectivity index (χ0n) is 33.0. The molecule has 0 atom stereocenters. The van der Waals surface area contributed by atoms with E-state index in [2.05, 4.69) is 36.4 Å². The summed E-state index contributed by atoms with van der Waals surface area (Å²) in [5.41, 5.74) is 7.67. The fourth-order valence-electron chi connectivity index (χ4n) is 7.67. The molecule has 1 heteroatoms. The standard InChI is InChI=1S/C49H32O/c1-3-14-32(15-4-1)34-26-29-44-47(31-34)50-46-25-13-24-43(49(44)46)40-28-27-35(36-18-7-8-19-37(36)40)30-45-38-20-9-11-22-41(38)48(33-16-5-2-6-17-33)42-23-12-10-21-39(42)45/h1-29,31H,30H2/i7D,8D,18D,19D,27D,28D. The van der Waals surface area contributed by atoms with Crippen LogP contribution in [0.2, 0.25) is 0 Å². The van der Waals surface area contributed by atoms with E-state index in [4.69, 9.17) is 7.16 Å². The first-order valence-electron chi connectivity index (χ1n) is 19.8. The molecule has 0 bridgehead atoms. The number of rotatable bonds is 5. The van der Waals surface area contributed by atoms with Crippen LogP contribution in [0.4, 0.5) is 0 Å². The lowest BCUT2D eigenvalue weighted by Gasteiger charge is -2.19. The van der Waals surface area contributed by atoms with Crippen molar-refractivity contribution in [1.29, 1.82) is 0 Å². The van der Waals surface area contributed by atoms with Gasteiger partial charge in [-0.05, 0) is 101 Å². The first-order chi connectivity index (χ1) is 27.3. The van der Waals surface area contributed by atoms with Crippen LogP contribution in [0.5, 0.6) is 0 Å². The SMILES string of the molecule is [2H]c1c([2H])c([2H])c2c(-c3cccc4oc5cc(-c6ccccc6)ccc5c34)c([2H])c([2H])c(Cc3c4ccccc4c(-c4ccccc4)c4ccccc34)c2c1[2H]. The Morgan fingerprint density at radius 1 is 0.420 bits per heavy atom. The van der Waals surface area contributed by atoms with E-state index < -0.39 is 0 Å². The average molecular weight is 643 g/mol. The van der Waals surface area contributed by atoms with Gasteiger partial charge in [-0.1, -0.05) is 164 Å². The minimum absolute atomic E-state index is 0.0750. The lowest BCUT2D eigenvalue weighted by atomic mass is 9.85. The van der Waals surface area contributed by atoms with Gasteiger partial charge in [0.15, 0.2) is 0 Å². The van der Waals surface area contributed by atoms with Crippen LogP contribution in [-0.2, 0) is 6.42 Å². The number of hydrogen-bond acceptors (Lipinski definition) is 1. The van der Waals surface area contributed by atoms with Crippen LogP contribution in [0.3, 0.4) is 0 Å². The Balaban J connectivity index is 1.26. The molecule has 234 valence electrons. The molecule has 9 aromatic carbocycles. The largest absolute Gasteiger partial charge is 0.456 e. The maximum atomic E-state index is 9.70. The van der Waals surface area contributed by atoms with Crippen molar-refractivity contribution in [3.05, 3.63) is 193 Å². The van der Waals surface area contributed by atoms with E-state index in [9.17, 15) is 5.48 Å². The molecule has 1 nitrogen and oxygen atoms in total. The fourth-order valence-corrected chi connectivity index (χ4v) is 7.67. The summed E-state index contributed by atoms with van der Waals surface area (Å²) in [6.07, 6.45) is 0.181. The van der Waals surface area contributed by atoms with Gasteiger partial charge in [-0.15, -0.1) is 0 Å². The predicted molar refractivity (Wildman–Crippen MR) is 212 cm³/mol. The average Bonchev–Trinajstić information content (AvgIpc) is 3.62. The molecule has 10 rings (SSSR count). The molecule has 0 aliphatic heterocycles. The van der Waals surface area contributed by atoms with Crippen molar-refractivity contribution in [2.75, 3.05) is 0 Å². The minimum Gasteiger partial charge on any atom is -0.456 e. The van der Waals surface area contributed by atoms with Crippen molar-refractivity contribution in [3.63, 3.8) is 0 Å². The zero-order chi connectivity index (χ0) is 38.2. The van der Waals surface area contributed by atoms with Gasteiger partial charge in [0.2, 0.25) is 0 Å². The van der Waals surface area contributed by atoms with Crippen molar-refractivity contribution < 1.29 is 12.6 Å². The second-order valence-corrected chi connectivity index (χ2v) is 12.7. The van der Waals surface area contributed by atoms with Gasteiger partial charge in [0.1, 0.15) is 11.2 Å². The van der Waals surface area contributed by atoms with Crippen LogP contribution in [0.15, 0.2) is 186 Å². The lowest BCUT2D eigenvalue weighted by Crippen LogP contribution is -1.97. The summed E-state index contributed by atoms with van der Waals surface area (Å²) in [6.45, 7) is 0. The summed E-state index contributed by atoms with van der Waals surface area (Å²) in [6, 6.07) is 46.9. The summed E-state index contributed by atoms with van der Waals surface area (Å²) in [4.78, 5) is 0. The molecule has 1 aromatic heterocycles. The van der Waals surface area contributed by atoms with Gasteiger partial charge in [-0.3, -0.25) is 0 Å². The molecule has 0 saturated heterocycles. The summed E-state index contributed by atoms with van der Waals surface area (Å²) in [5, 5.41) is 6.08. The smallest absolute Gasteiger partial charge is 0.136 e. The predicted octanol–water partition coefficient (Wildman–Crippen LogP) is 13.6. The molecular weight excluding hydrogens is 605 g/mol. The van der Waals surface area contributed by atoms with Gasteiger partial charge in [-0.2, -0.15) is 0 Å². The molecule has 0 aliphatic carbocycles. The number of fused-ring (bicyclic) bond motifs is 6.